The van der Waals surface area contributed by atoms with Gasteiger partial charge in [0, 0.05) is 0 Å². The summed E-state index contributed by atoms with van der Waals surface area (Å²) in [6.07, 6.45) is -2.12. The van der Waals surface area contributed by atoms with Crippen LogP contribution in [0.3, 0.4) is 0 Å². The van der Waals surface area contributed by atoms with Crippen LogP contribution in [0.15, 0.2) is 0 Å². The lowest BCUT2D eigenvalue weighted by Crippen LogP contribution is -2.83. The summed E-state index contributed by atoms with van der Waals surface area (Å²) in [7, 11) is -40.2. The predicted molar refractivity (Wildman–Crippen MR) is 192 cm³/mol. The van der Waals surface area contributed by atoms with Gasteiger partial charge in [-0.2, -0.15) is 0 Å². The summed E-state index contributed by atoms with van der Waals surface area (Å²) in [6.45, 7) is 17.2. The molecule has 0 aromatic rings. The quantitative estimate of drug-likeness (QED) is 0.0709. The van der Waals surface area contributed by atoms with Crippen LogP contribution >= 0.6 is 30.4 Å². The van der Waals surface area contributed by atoms with Gasteiger partial charge in [-0.1, -0.05) is 55.4 Å². The molecule has 0 aromatic heterocycles. The van der Waals surface area contributed by atoms with Crippen LogP contribution in [0.5, 0.6) is 0 Å². The van der Waals surface area contributed by atoms with E-state index in [0.717, 1.165) is 0 Å². The van der Waals surface area contributed by atoms with Crippen molar-refractivity contribution in [1.82, 2.24) is 0 Å². The van der Waals surface area contributed by atoms with E-state index in [2.05, 4.69) is 0 Å². The molecule has 0 aliphatic carbocycles. The standard InChI is InChI=1S/C24H60O16P4Si4/c1-13-21(14-2,41(25,26)27)45(9)37-46(10,22(15-3,16-4)42(28,29)30)39-48(12,24(19-7,20-8)44(34,35)36)40-47(11,38-45)23(17-5,18-6)43(31,32)33/h13-20H2,1-12H3,(H2,25,26,27)(H2,28,29,30)(H2,31,32,33)(H2,34,35,36). The summed E-state index contributed by atoms with van der Waals surface area (Å²) >= 11 is 0. The van der Waals surface area contributed by atoms with Crippen LogP contribution < -0.4 is 0 Å². The molecule has 0 atom stereocenters. The van der Waals surface area contributed by atoms with E-state index < -0.39 is 83.7 Å². The van der Waals surface area contributed by atoms with Gasteiger partial charge >= 0.3 is 64.6 Å². The van der Waals surface area contributed by atoms with Crippen molar-refractivity contribution >= 4 is 64.6 Å². The summed E-state index contributed by atoms with van der Waals surface area (Å²) in [4.78, 5) is 88.4. The molecule has 1 fully saturated rings. The van der Waals surface area contributed by atoms with Gasteiger partial charge in [0.1, 0.15) is 19.1 Å². The first-order chi connectivity index (χ1) is 21.3. The first-order valence-electron chi connectivity index (χ1n) is 16.3. The Morgan fingerprint density at radius 2 is 0.458 bits per heavy atom. The van der Waals surface area contributed by atoms with Crippen molar-refractivity contribution in [3.63, 3.8) is 0 Å². The highest BCUT2D eigenvalue weighted by Gasteiger charge is 2.80. The van der Waals surface area contributed by atoms with Crippen molar-refractivity contribution in [3.05, 3.63) is 0 Å². The number of hydrogen-bond acceptors (Lipinski definition) is 8. The van der Waals surface area contributed by atoms with Crippen LogP contribution in [0.4, 0.5) is 0 Å². The second kappa shape index (κ2) is 14.9. The van der Waals surface area contributed by atoms with E-state index in [1.54, 1.807) is 0 Å². The van der Waals surface area contributed by atoms with Crippen molar-refractivity contribution in [2.45, 2.75) is 152 Å². The third-order valence-electron chi connectivity index (χ3n) is 11.8. The minimum atomic E-state index is -5.27. The van der Waals surface area contributed by atoms with Gasteiger partial charge in [-0.05, 0) is 77.6 Å². The molecule has 16 nitrogen and oxygen atoms in total. The van der Waals surface area contributed by atoms with E-state index in [9.17, 15) is 57.4 Å². The fourth-order valence-electron chi connectivity index (χ4n) is 8.60. The molecule has 1 saturated heterocycles. The molecule has 0 amide bonds. The largest absolute Gasteiger partial charge is 0.414 e. The lowest BCUT2D eigenvalue weighted by Gasteiger charge is -2.62. The lowest BCUT2D eigenvalue weighted by molar-refractivity contribution is 0.168. The summed E-state index contributed by atoms with van der Waals surface area (Å²) in [6, 6.07) is 0. The second-order valence-corrected chi connectivity index (χ2v) is 37.4. The van der Waals surface area contributed by atoms with Crippen molar-refractivity contribution < 1.29 is 73.9 Å². The van der Waals surface area contributed by atoms with Gasteiger partial charge in [0.2, 0.25) is 0 Å². The van der Waals surface area contributed by atoms with Crippen LogP contribution in [0.1, 0.15) is 107 Å². The Morgan fingerprint density at radius 3 is 0.521 bits per heavy atom. The lowest BCUT2D eigenvalue weighted by atomic mass is 10.2. The summed E-state index contributed by atoms with van der Waals surface area (Å²) in [5, 5.41) is 0. The molecule has 8 N–H and O–H groups in total. The van der Waals surface area contributed by atoms with Gasteiger partial charge in [0.25, 0.3) is 0 Å². The SMILES string of the molecule is CCC(CC)([Si]1(C)O[Si](C)(C(CC)(CC)P(=O)(O)O)O[Si](C)(C(CC)(CC)P(=O)(O)O)O[Si](C)(C(CC)(CC)P(=O)(O)O)O1)P(=O)(O)O. The average Bonchev–Trinajstić information content (AvgIpc) is 2.87. The Bertz CT molecular complexity index is 1120. The fourth-order valence-corrected chi connectivity index (χ4v) is 48.9. The van der Waals surface area contributed by atoms with Crippen molar-refractivity contribution in [1.29, 1.82) is 0 Å². The Morgan fingerprint density at radius 1 is 0.354 bits per heavy atom. The molecule has 1 aliphatic rings. The summed E-state index contributed by atoms with van der Waals surface area (Å²) in [5.41, 5.74) is 0. The molecule has 0 spiro atoms. The van der Waals surface area contributed by atoms with Crippen LogP contribution in [0, 0.1) is 0 Å². The Balaban J connectivity index is 4.92. The monoisotopic (exact) mass is 840 g/mol. The van der Waals surface area contributed by atoms with E-state index >= 15 is 0 Å². The highest BCUT2D eigenvalue weighted by Crippen LogP contribution is 2.69. The normalized spacial score (nSPS) is 29.4. The van der Waals surface area contributed by atoms with Gasteiger partial charge in [0.15, 0.2) is 0 Å². The summed E-state index contributed by atoms with van der Waals surface area (Å²) < 4.78 is 73.7. The average molecular weight is 841 g/mol. The predicted octanol–water partition coefficient (Wildman–Crippen LogP) is 5.46. The first kappa shape index (κ1) is 47.3. The van der Waals surface area contributed by atoms with Crippen LogP contribution in [0.2, 0.25) is 26.2 Å². The maximum Gasteiger partial charge on any atom is 0.336 e. The minimum absolute atomic E-state index is 0.265. The highest BCUT2D eigenvalue weighted by atomic mass is 31.2. The van der Waals surface area contributed by atoms with Gasteiger partial charge in [-0.15, -0.1) is 0 Å². The van der Waals surface area contributed by atoms with E-state index in [0.29, 0.717) is 0 Å². The maximum atomic E-state index is 13.6. The Kier molecular flexibility index (Phi) is 14.6. The van der Waals surface area contributed by atoms with E-state index in [-0.39, 0.29) is 51.4 Å². The third kappa shape index (κ3) is 6.89. The second-order valence-electron chi connectivity index (χ2n) is 13.3. The van der Waals surface area contributed by atoms with E-state index in [1.165, 1.54) is 81.6 Å². The molecule has 24 heteroatoms. The van der Waals surface area contributed by atoms with Gasteiger partial charge < -0.3 is 55.6 Å². The van der Waals surface area contributed by atoms with Crippen LogP contribution in [0.25, 0.3) is 0 Å². The van der Waals surface area contributed by atoms with Gasteiger partial charge in [-0.25, -0.2) is 0 Å². The zero-order valence-corrected chi connectivity index (χ0v) is 37.9. The van der Waals surface area contributed by atoms with Crippen molar-refractivity contribution in [3.8, 4) is 0 Å². The van der Waals surface area contributed by atoms with E-state index in [1.807, 2.05) is 0 Å². The molecular weight excluding hydrogens is 780 g/mol. The van der Waals surface area contributed by atoms with Gasteiger partial charge in [0.05, 0.1) is 0 Å². The maximum absolute atomic E-state index is 13.6. The molecular formula is C24H60O16P4Si4. The third-order valence-corrected chi connectivity index (χ3v) is 49.3. The van der Waals surface area contributed by atoms with Crippen molar-refractivity contribution in [2.75, 3.05) is 0 Å². The molecule has 0 bridgehead atoms. The highest BCUT2D eigenvalue weighted by molar-refractivity contribution is 7.59. The number of hydrogen-bond donors (Lipinski definition) is 8. The van der Waals surface area contributed by atoms with Crippen LogP contribution in [-0.4, -0.2) is 92.5 Å². The first-order valence-corrected chi connectivity index (χ1v) is 32.1. The smallest absolute Gasteiger partial charge is 0.336 e. The molecule has 0 saturated carbocycles. The molecule has 1 aliphatic heterocycles. The Labute approximate surface area is 289 Å². The summed E-state index contributed by atoms with van der Waals surface area (Å²) in [5.74, 6) is 0. The number of rotatable bonds is 16. The minimum Gasteiger partial charge on any atom is -0.414 e. The molecule has 1 rings (SSSR count). The zero-order chi connectivity index (χ0) is 38.5. The van der Waals surface area contributed by atoms with E-state index in [4.69, 9.17) is 16.5 Å². The molecule has 1 heterocycles. The zero-order valence-electron chi connectivity index (χ0n) is 30.3. The van der Waals surface area contributed by atoms with Gasteiger partial charge in [-0.3, -0.25) is 18.3 Å². The molecule has 0 aromatic carbocycles. The molecule has 0 radical (unpaired) electrons. The Hall–Kier alpha value is 1.31. The molecule has 48 heavy (non-hydrogen) atoms. The topological polar surface area (TPSA) is 267 Å². The van der Waals surface area contributed by atoms with Crippen molar-refractivity contribution in [2.24, 2.45) is 0 Å². The van der Waals surface area contributed by atoms with Crippen LogP contribution in [-0.2, 0) is 34.7 Å². The molecule has 288 valence electrons. The fraction of sp³-hybridized carbons (Fsp3) is 1.00. The molecule has 0 unspecified atom stereocenters.